The summed E-state index contributed by atoms with van der Waals surface area (Å²) < 4.78 is 0. The van der Waals surface area contributed by atoms with Gasteiger partial charge in [0.15, 0.2) is 5.96 Å². The second-order valence-electron chi connectivity index (χ2n) is 5.01. The summed E-state index contributed by atoms with van der Waals surface area (Å²) in [6, 6.07) is 0.641. The molecule has 0 spiro atoms. The van der Waals surface area contributed by atoms with Crippen molar-refractivity contribution in [2.45, 2.75) is 40.2 Å². The quantitative estimate of drug-likeness (QED) is 0.410. The van der Waals surface area contributed by atoms with Gasteiger partial charge in [-0.15, -0.1) is 24.0 Å². The predicted molar refractivity (Wildman–Crippen MR) is 92.0 cm³/mol. The van der Waals surface area contributed by atoms with Crippen LogP contribution < -0.4 is 10.6 Å². The van der Waals surface area contributed by atoms with E-state index in [9.17, 15) is 0 Å². The molecule has 0 aliphatic rings. The summed E-state index contributed by atoms with van der Waals surface area (Å²) >= 11 is 0. The Morgan fingerprint density at radius 2 is 1.83 bits per heavy atom. The molecule has 0 saturated carbocycles. The Labute approximate surface area is 130 Å². The lowest BCUT2D eigenvalue weighted by Crippen LogP contribution is -2.43. The molecule has 0 aromatic carbocycles. The van der Waals surface area contributed by atoms with E-state index in [-0.39, 0.29) is 24.0 Å². The molecular weight excluding hydrogens is 339 g/mol. The van der Waals surface area contributed by atoms with Crippen molar-refractivity contribution in [2.75, 3.05) is 33.7 Å². The molecule has 2 N–H and O–H groups in total. The van der Waals surface area contributed by atoms with E-state index in [1.165, 1.54) is 6.42 Å². The third-order valence-electron chi connectivity index (χ3n) is 3.00. The zero-order valence-corrected chi connectivity index (χ0v) is 15.1. The lowest BCUT2D eigenvalue weighted by atomic mass is 10.2. The van der Waals surface area contributed by atoms with Crippen molar-refractivity contribution in [1.29, 1.82) is 0 Å². The van der Waals surface area contributed by atoms with E-state index < -0.39 is 0 Å². The molecule has 5 heteroatoms. The number of halogens is 1. The van der Waals surface area contributed by atoms with Gasteiger partial charge in [-0.3, -0.25) is 4.99 Å². The van der Waals surface area contributed by atoms with Gasteiger partial charge >= 0.3 is 0 Å². The maximum atomic E-state index is 4.20. The van der Waals surface area contributed by atoms with Gasteiger partial charge in [-0.1, -0.05) is 20.8 Å². The summed E-state index contributed by atoms with van der Waals surface area (Å²) in [5.41, 5.74) is 0. The van der Waals surface area contributed by atoms with Crippen molar-refractivity contribution in [2.24, 2.45) is 10.9 Å². The first-order valence-electron chi connectivity index (χ1n) is 6.66. The number of nitrogens with one attached hydrogen (secondary N) is 2. The molecule has 110 valence electrons. The van der Waals surface area contributed by atoms with E-state index >= 15 is 0 Å². The Morgan fingerprint density at radius 1 is 1.22 bits per heavy atom. The van der Waals surface area contributed by atoms with Gasteiger partial charge in [0, 0.05) is 32.7 Å². The van der Waals surface area contributed by atoms with Crippen molar-refractivity contribution >= 4 is 29.9 Å². The minimum absolute atomic E-state index is 0. The first-order valence-corrected chi connectivity index (χ1v) is 6.66. The minimum Gasteiger partial charge on any atom is -0.356 e. The molecule has 0 aromatic rings. The smallest absolute Gasteiger partial charge is 0.191 e. The normalized spacial score (nSPS) is 13.4. The summed E-state index contributed by atoms with van der Waals surface area (Å²) in [4.78, 5) is 6.56. The van der Waals surface area contributed by atoms with Gasteiger partial charge in [-0.05, 0) is 26.3 Å². The van der Waals surface area contributed by atoms with E-state index in [0.29, 0.717) is 12.0 Å². The summed E-state index contributed by atoms with van der Waals surface area (Å²) in [5, 5.41) is 6.64. The molecule has 1 atom stereocenters. The second kappa shape index (κ2) is 12.0. The number of likely N-dealkylation sites (N-methyl/N-ethyl adjacent to an activating group) is 1. The van der Waals surface area contributed by atoms with Crippen LogP contribution in [0.4, 0.5) is 0 Å². The molecular formula is C13H31IN4. The average Bonchev–Trinajstić information content (AvgIpc) is 2.31. The molecule has 0 rings (SSSR count). The van der Waals surface area contributed by atoms with Crippen LogP contribution in [-0.4, -0.2) is 50.6 Å². The van der Waals surface area contributed by atoms with Crippen LogP contribution in [-0.2, 0) is 0 Å². The maximum Gasteiger partial charge on any atom is 0.191 e. The molecule has 0 saturated heterocycles. The zero-order valence-electron chi connectivity index (χ0n) is 12.8. The Hall–Kier alpha value is -0.0400. The molecule has 0 fully saturated rings. The molecule has 18 heavy (non-hydrogen) atoms. The lowest BCUT2D eigenvalue weighted by Gasteiger charge is -2.24. The van der Waals surface area contributed by atoms with Gasteiger partial charge in [0.25, 0.3) is 0 Å². The Kier molecular flexibility index (Phi) is 13.5. The highest BCUT2D eigenvalue weighted by Gasteiger charge is 2.06. The molecule has 0 bridgehead atoms. The van der Waals surface area contributed by atoms with Crippen LogP contribution in [0.5, 0.6) is 0 Å². The van der Waals surface area contributed by atoms with E-state index in [1.807, 2.05) is 7.05 Å². The SMILES string of the molecule is CCC(C)N(C)CCNC(=NC)NCC(C)C.I. The van der Waals surface area contributed by atoms with Gasteiger partial charge in [-0.25, -0.2) is 0 Å². The third-order valence-corrected chi connectivity index (χ3v) is 3.00. The number of rotatable bonds is 7. The highest BCUT2D eigenvalue weighted by atomic mass is 127. The number of nitrogens with zero attached hydrogens (tertiary/aromatic N) is 2. The topological polar surface area (TPSA) is 39.7 Å². The summed E-state index contributed by atoms with van der Waals surface area (Å²) in [5.74, 6) is 1.53. The van der Waals surface area contributed by atoms with Crippen molar-refractivity contribution < 1.29 is 0 Å². The number of guanidine groups is 1. The van der Waals surface area contributed by atoms with Crippen molar-refractivity contribution in [1.82, 2.24) is 15.5 Å². The first-order chi connectivity index (χ1) is 8.01. The summed E-state index contributed by atoms with van der Waals surface area (Å²) in [6.45, 7) is 11.8. The van der Waals surface area contributed by atoms with Gasteiger partial charge in [0.1, 0.15) is 0 Å². The van der Waals surface area contributed by atoms with Crippen molar-refractivity contribution in [3.05, 3.63) is 0 Å². The van der Waals surface area contributed by atoms with E-state index in [0.717, 1.165) is 25.6 Å². The maximum absolute atomic E-state index is 4.20. The molecule has 0 heterocycles. The van der Waals surface area contributed by atoms with Crippen LogP contribution in [0.2, 0.25) is 0 Å². The van der Waals surface area contributed by atoms with Crippen LogP contribution in [0.15, 0.2) is 4.99 Å². The molecule has 1 unspecified atom stereocenters. The number of aliphatic imine (C=N–C) groups is 1. The van der Waals surface area contributed by atoms with Gasteiger partial charge < -0.3 is 15.5 Å². The number of hydrogen-bond acceptors (Lipinski definition) is 2. The van der Waals surface area contributed by atoms with Crippen LogP contribution in [0.25, 0.3) is 0 Å². The van der Waals surface area contributed by atoms with Crippen molar-refractivity contribution in [3.8, 4) is 0 Å². The third kappa shape index (κ3) is 9.94. The van der Waals surface area contributed by atoms with Crippen LogP contribution in [0.3, 0.4) is 0 Å². The summed E-state index contributed by atoms with van der Waals surface area (Å²) in [6.07, 6.45) is 1.19. The van der Waals surface area contributed by atoms with Gasteiger partial charge in [-0.2, -0.15) is 0 Å². The van der Waals surface area contributed by atoms with Gasteiger partial charge in [0.05, 0.1) is 0 Å². The Morgan fingerprint density at radius 3 is 2.28 bits per heavy atom. The molecule has 0 aliphatic heterocycles. The molecule has 4 nitrogen and oxygen atoms in total. The van der Waals surface area contributed by atoms with E-state index in [1.54, 1.807) is 0 Å². The summed E-state index contributed by atoms with van der Waals surface area (Å²) in [7, 11) is 3.98. The van der Waals surface area contributed by atoms with E-state index in [2.05, 4.69) is 55.3 Å². The van der Waals surface area contributed by atoms with Crippen molar-refractivity contribution in [3.63, 3.8) is 0 Å². The van der Waals surface area contributed by atoms with E-state index in [4.69, 9.17) is 0 Å². The minimum atomic E-state index is 0. The standard InChI is InChI=1S/C13H30N4.HI/c1-7-12(4)17(6)9-8-15-13(14-5)16-10-11(2)3;/h11-12H,7-10H2,1-6H3,(H2,14,15,16);1H. The Bertz CT molecular complexity index is 219. The largest absolute Gasteiger partial charge is 0.356 e. The highest BCUT2D eigenvalue weighted by molar-refractivity contribution is 14.0. The second-order valence-corrected chi connectivity index (χ2v) is 5.01. The predicted octanol–water partition coefficient (Wildman–Crippen LogP) is 2.16. The fourth-order valence-corrected chi connectivity index (χ4v) is 1.40. The lowest BCUT2D eigenvalue weighted by molar-refractivity contribution is 0.255. The average molecular weight is 370 g/mol. The molecule has 0 radical (unpaired) electrons. The van der Waals surface area contributed by atoms with Crippen LogP contribution in [0.1, 0.15) is 34.1 Å². The van der Waals surface area contributed by atoms with Crippen LogP contribution >= 0.6 is 24.0 Å². The first kappa shape index (κ1) is 20.3. The monoisotopic (exact) mass is 370 g/mol. The molecule has 0 amide bonds. The molecule has 0 aliphatic carbocycles. The highest BCUT2D eigenvalue weighted by Crippen LogP contribution is 1.98. The molecule has 0 aromatic heterocycles. The van der Waals surface area contributed by atoms with Gasteiger partial charge in [0.2, 0.25) is 0 Å². The zero-order chi connectivity index (χ0) is 13.3. The Balaban J connectivity index is 0. The fourth-order valence-electron chi connectivity index (χ4n) is 1.40. The fraction of sp³-hybridized carbons (Fsp3) is 0.923. The number of hydrogen-bond donors (Lipinski definition) is 2. The van der Waals surface area contributed by atoms with Crippen LogP contribution in [0, 0.1) is 5.92 Å².